The molecule has 1 saturated heterocycles. The van der Waals surface area contributed by atoms with Gasteiger partial charge >= 0.3 is 0 Å². The molecule has 1 fully saturated rings. The highest BCUT2D eigenvalue weighted by Crippen LogP contribution is 2.49. The van der Waals surface area contributed by atoms with Gasteiger partial charge in [-0.25, -0.2) is 0 Å². The fourth-order valence-corrected chi connectivity index (χ4v) is 5.64. The summed E-state index contributed by atoms with van der Waals surface area (Å²) in [5.41, 5.74) is 7.34. The van der Waals surface area contributed by atoms with E-state index in [1.807, 2.05) is 0 Å². The van der Waals surface area contributed by atoms with E-state index < -0.39 is 0 Å². The number of methoxy groups -OCH3 is 1. The normalized spacial score (nSPS) is 25.2. The van der Waals surface area contributed by atoms with Crippen LogP contribution >= 0.6 is 0 Å². The van der Waals surface area contributed by atoms with Crippen molar-refractivity contribution in [1.29, 1.82) is 0 Å². The van der Waals surface area contributed by atoms with Gasteiger partial charge in [0, 0.05) is 28.6 Å². The molecule has 3 aromatic rings. The molecule has 5 rings (SSSR count). The van der Waals surface area contributed by atoms with Crippen LogP contribution in [0.4, 0.5) is 0 Å². The van der Waals surface area contributed by atoms with Crippen molar-refractivity contribution < 1.29 is 4.74 Å². The molecule has 27 heavy (non-hydrogen) atoms. The Kier molecular flexibility index (Phi) is 3.83. The first-order valence-electron chi connectivity index (χ1n) is 10.0. The van der Waals surface area contributed by atoms with E-state index in [1.165, 1.54) is 34.1 Å². The molecule has 1 aliphatic carbocycles. The lowest BCUT2D eigenvalue weighted by molar-refractivity contribution is 0.0994. The van der Waals surface area contributed by atoms with Gasteiger partial charge < -0.3 is 14.6 Å². The summed E-state index contributed by atoms with van der Waals surface area (Å²) >= 11 is 0. The van der Waals surface area contributed by atoms with Crippen molar-refractivity contribution in [3.8, 4) is 5.75 Å². The van der Waals surface area contributed by atoms with Crippen LogP contribution in [0.1, 0.15) is 28.8 Å². The van der Waals surface area contributed by atoms with Gasteiger partial charge in [0.05, 0.1) is 7.11 Å². The van der Waals surface area contributed by atoms with Crippen LogP contribution in [0.2, 0.25) is 0 Å². The molecule has 3 heteroatoms. The first-order valence-corrected chi connectivity index (χ1v) is 10.0. The molecule has 3 nitrogen and oxygen atoms in total. The van der Waals surface area contributed by atoms with Gasteiger partial charge in [0.1, 0.15) is 5.75 Å². The molecule has 2 atom stereocenters. The minimum absolute atomic E-state index is 0.197. The van der Waals surface area contributed by atoms with Crippen LogP contribution in [0.25, 0.3) is 10.9 Å². The molecule has 1 aromatic heterocycles. The number of hydrogen-bond donors (Lipinski definition) is 1. The van der Waals surface area contributed by atoms with Crippen molar-refractivity contribution in [3.63, 3.8) is 0 Å². The highest BCUT2D eigenvalue weighted by Gasteiger charge is 2.47. The standard InChI is InChI=1S/C24H28N2O/c1-16-6-4-9-21-23(16)20-13-18-15-26(2)11-10-24(18,14-22(20)25-21)17-7-5-8-19(12-17)27-3/h4-9,12,18,25H,10-11,13-15H2,1-3H3/t18?,24-/m1/s1. The van der Waals surface area contributed by atoms with E-state index in [1.54, 1.807) is 12.7 Å². The number of hydrogen-bond acceptors (Lipinski definition) is 2. The molecule has 2 heterocycles. The predicted molar refractivity (Wildman–Crippen MR) is 111 cm³/mol. The van der Waals surface area contributed by atoms with Crippen molar-refractivity contribution in [1.82, 2.24) is 9.88 Å². The van der Waals surface area contributed by atoms with Crippen LogP contribution in [-0.2, 0) is 18.3 Å². The fraction of sp³-hybridized carbons (Fsp3) is 0.417. The summed E-state index contributed by atoms with van der Waals surface area (Å²) in [5, 5.41) is 1.46. The van der Waals surface area contributed by atoms with Crippen molar-refractivity contribution in [3.05, 3.63) is 64.8 Å². The number of aromatic nitrogens is 1. The Morgan fingerprint density at radius 1 is 1.19 bits per heavy atom. The number of aryl methyl sites for hydroxylation is 1. The third-order valence-electron chi connectivity index (χ3n) is 7.06. The Bertz CT molecular complexity index is 1000. The smallest absolute Gasteiger partial charge is 0.119 e. The number of aromatic amines is 1. The van der Waals surface area contributed by atoms with Crippen molar-refractivity contribution in [2.75, 3.05) is 27.2 Å². The lowest BCUT2D eigenvalue weighted by atomic mass is 9.59. The quantitative estimate of drug-likeness (QED) is 0.730. The van der Waals surface area contributed by atoms with E-state index in [4.69, 9.17) is 4.74 Å². The van der Waals surface area contributed by atoms with Gasteiger partial charge in [-0.15, -0.1) is 0 Å². The van der Waals surface area contributed by atoms with Crippen molar-refractivity contribution >= 4 is 10.9 Å². The van der Waals surface area contributed by atoms with E-state index in [2.05, 4.69) is 66.3 Å². The Morgan fingerprint density at radius 3 is 2.89 bits per heavy atom. The van der Waals surface area contributed by atoms with Gasteiger partial charge in [-0.1, -0.05) is 24.3 Å². The summed E-state index contributed by atoms with van der Waals surface area (Å²) in [6.45, 7) is 4.56. The first kappa shape index (κ1) is 16.9. The zero-order valence-corrected chi connectivity index (χ0v) is 16.5. The Morgan fingerprint density at radius 2 is 2.04 bits per heavy atom. The average Bonchev–Trinajstić information content (AvgIpc) is 3.04. The largest absolute Gasteiger partial charge is 0.497 e. The second kappa shape index (κ2) is 6.13. The van der Waals surface area contributed by atoms with Crippen LogP contribution in [-0.4, -0.2) is 37.1 Å². The number of rotatable bonds is 2. The van der Waals surface area contributed by atoms with Gasteiger partial charge in [0.15, 0.2) is 0 Å². The summed E-state index contributed by atoms with van der Waals surface area (Å²) in [4.78, 5) is 6.29. The van der Waals surface area contributed by atoms with E-state index >= 15 is 0 Å². The van der Waals surface area contributed by atoms with Gasteiger partial charge in [-0.2, -0.15) is 0 Å². The molecular formula is C24H28N2O. The molecule has 1 aliphatic heterocycles. The molecule has 2 aromatic carbocycles. The van der Waals surface area contributed by atoms with Crippen LogP contribution in [0.3, 0.4) is 0 Å². The molecule has 0 amide bonds. The summed E-state index contributed by atoms with van der Waals surface area (Å²) in [6, 6.07) is 15.4. The SMILES string of the molecule is COc1cccc([C@]23CCN(C)CC2Cc2c([nH]c4cccc(C)c24)C3)c1. The second-order valence-electron chi connectivity index (χ2n) is 8.56. The number of H-pyrrole nitrogens is 1. The maximum absolute atomic E-state index is 5.56. The number of nitrogens with one attached hydrogen (secondary N) is 1. The molecule has 0 saturated carbocycles. The minimum atomic E-state index is 0.197. The number of likely N-dealkylation sites (tertiary alicyclic amines) is 1. The molecular weight excluding hydrogens is 332 g/mol. The maximum Gasteiger partial charge on any atom is 0.119 e. The zero-order chi connectivity index (χ0) is 18.6. The van der Waals surface area contributed by atoms with E-state index in [-0.39, 0.29) is 5.41 Å². The number of benzene rings is 2. The average molecular weight is 361 g/mol. The van der Waals surface area contributed by atoms with Gasteiger partial charge in [-0.3, -0.25) is 0 Å². The van der Waals surface area contributed by atoms with Crippen LogP contribution in [0, 0.1) is 12.8 Å². The number of ether oxygens (including phenoxy) is 1. The van der Waals surface area contributed by atoms with Crippen molar-refractivity contribution in [2.45, 2.75) is 31.6 Å². The van der Waals surface area contributed by atoms with Crippen LogP contribution < -0.4 is 4.74 Å². The fourth-order valence-electron chi connectivity index (χ4n) is 5.64. The van der Waals surface area contributed by atoms with E-state index in [9.17, 15) is 0 Å². The zero-order valence-electron chi connectivity index (χ0n) is 16.5. The highest BCUT2D eigenvalue weighted by atomic mass is 16.5. The van der Waals surface area contributed by atoms with Crippen molar-refractivity contribution in [2.24, 2.45) is 5.92 Å². The maximum atomic E-state index is 5.56. The number of piperidine rings is 1. The minimum Gasteiger partial charge on any atom is -0.497 e. The topological polar surface area (TPSA) is 28.3 Å². The lowest BCUT2D eigenvalue weighted by Crippen LogP contribution is -2.52. The number of nitrogens with zero attached hydrogens (tertiary/aromatic N) is 1. The highest BCUT2D eigenvalue weighted by molar-refractivity contribution is 5.88. The van der Waals surface area contributed by atoms with E-state index in [0.717, 1.165) is 31.7 Å². The Balaban J connectivity index is 1.68. The summed E-state index contributed by atoms with van der Waals surface area (Å²) in [7, 11) is 4.04. The second-order valence-corrected chi connectivity index (χ2v) is 8.56. The Hall–Kier alpha value is -2.26. The first-order chi connectivity index (χ1) is 13.1. The monoisotopic (exact) mass is 360 g/mol. The van der Waals surface area contributed by atoms with Gasteiger partial charge in [0.25, 0.3) is 0 Å². The molecule has 0 bridgehead atoms. The molecule has 0 spiro atoms. The summed E-state index contributed by atoms with van der Waals surface area (Å²) in [6.07, 6.45) is 3.46. The number of fused-ring (bicyclic) bond motifs is 4. The summed E-state index contributed by atoms with van der Waals surface area (Å²) in [5.74, 6) is 1.60. The van der Waals surface area contributed by atoms with Gasteiger partial charge in [0.2, 0.25) is 0 Å². The molecule has 1 unspecified atom stereocenters. The van der Waals surface area contributed by atoms with Crippen LogP contribution in [0.15, 0.2) is 42.5 Å². The predicted octanol–water partition coefficient (Wildman–Crippen LogP) is 4.47. The van der Waals surface area contributed by atoms with Crippen LogP contribution in [0.5, 0.6) is 5.75 Å². The molecule has 1 N–H and O–H groups in total. The third kappa shape index (κ3) is 2.52. The molecule has 2 aliphatic rings. The third-order valence-corrected chi connectivity index (χ3v) is 7.06. The summed E-state index contributed by atoms with van der Waals surface area (Å²) < 4.78 is 5.56. The molecule has 0 radical (unpaired) electrons. The molecule has 140 valence electrons. The van der Waals surface area contributed by atoms with E-state index in [0.29, 0.717) is 5.92 Å². The Labute approximate surface area is 161 Å². The lowest BCUT2D eigenvalue weighted by Gasteiger charge is -2.50. The van der Waals surface area contributed by atoms with Gasteiger partial charge in [-0.05, 0) is 80.6 Å².